The zero-order valence-corrected chi connectivity index (χ0v) is 19.7. The quantitative estimate of drug-likeness (QED) is 0.0702. The Morgan fingerprint density at radius 2 is 1.30 bits per heavy atom. The second-order valence-corrected chi connectivity index (χ2v) is 9.45. The summed E-state index contributed by atoms with van der Waals surface area (Å²) in [7, 11) is -4.83. The average molecular weight is 512 g/mol. The fourth-order valence-corrected chi connectivity index (χ4v) is 3.75. The molecule has 0 aromatic carbocycles. The van der Waals surface area contributed by atoms with Gasteiger partial charge in [-0.3, -0.25) is 9.35 Å². The van der Waals surface area contributed by atoms with Gasteiger partial charge in [-0.1, -0.05) is 76.9 Å². The van der Waals surface area contributed by atoms with Crippen molar-refractivity contribution in [3.05, 3.63) is 12.2 Å². The van der Waals surface area contributed by atoms with Crippen molar-refractivity contribution in [2.45, 2.75) is 108 Å². The number of carbonyl (C=O) groups is 2. The van der Waals surface area contributed by atoms with Crippen LogP contribution in [0.1, 0.15) is 103 Å². The number of carboxylic acids is 1. The van der Waals surface area contributed by atoms with E-state index in [1.807, 2.05) is 0 Å². The van der Waals surface area contributed by atoms with Crippen molar-refractivity contribution in [2.75, 3.05) is 6.54 Å². The number of nitrogens with one attached hydrogen (secondary N) is 1. The molecule has 1 atom stereocenters. The first-order valence-corrected chi connectivity index (χ1v) is 13.1. The summed E-state index contributed by atoms with van der Waals surface area (Å²) in [5.41, 5.74) is 2.33. The van der Waals surface area contributed by atoms with E-state index in [0.29, 0.717) is 6.54 Å². The monoisotopic (exact) mass is 511 g/mol. The SMILES string of the molecule is CCCCCCCC/C=C\CCCCCCCCNOC(=O)C(CC(=O)O)S(=O)(=O)O.[NaH].[NaH]. The summed E-state index contributed by atoms with van der Waals surface area (Å²) in [5.74, 6) is -2.85. The third-order valence-electron chi connectivity index (χ3n) is 4.95. The van der Waals surface area contributed by atoms with Crippen LogP contribution < -0.4 is 5.48 Å². The van der Waals surface area contributed by atoms with Crippen molar-refractivity contribution in [1.82, 2.24) is 5.48 Å². The van der Waals surface area contributed by atoms with Gasteiger partial charge in [-0.25, -0.2) is 4.79 Å². The normalized spacial score (nSPS) is 12.1. The summed E-state index contributed by atoms with van der Waals surface area (Å²) in [6.45, 7) is 2.57. The molecule has 0 heterocycles. The molecular weight excluding hydrogens is 468 g/mol. The van der Waals surface area contributed by atoms with Gasteiger partial charge in [0.15, 0.2) is 5.25 Å². The van der Waals surface area contributed by atoms with Crippen LogP contribution in [-0.4, -0.2) is 101 Å². The number of carbonyl (C=O) groups excluding carboxylic acids is 1. The van der Waals surface area contributed by atoms with E-state index in [-0.39, 0.29) is 59.1 Å². The molecule has 0 spiro atoms. The zero-order valence-electron chi connectivity index (χ0n) is 18.9. The van der Waals surface area contributed by atoms with Crippen molar-refractivity contribution >= 4 is 81.2 Å². The number of rotatable bonds is 21. The van der Waals surface area contributed by atoms with Gasteiger partial charge in [0.1, 0.15) is 0 Å². The van der Waals surface area contributed by atoms with Crippen LogP contribution >= 0.6 is 0 Å². The second-order valence-electron chi connectivity index (χ2n) is 7.85. The molecule has 0 rings (SSSR count). The van der Waals surface area contributed by atoms with E-state index in [4.69, 9.17) is 9.66 Å². The second kappa shape index (κ2) is 25.6. The molecule has 0 saturated heterocycles. The Labute approximate surface area is 244 Å². The summed E-state index contributed by atoms with van der Waals surface area (Å²) < 4.78 is 31.0. The Bertz CT molecular complexity index is 616. The maximum atomic E-state index is 11.6. The van der Waals surface area contributed by atoms with Crippen LogP contribution in [0.25, 0.3) is 0 Å². The van der Waals surface area contributed by atoms with Crippen LogP contribution in [-0.2, 0) is 24.5 Å². The molecule has 186 valence electrons. The Kier molecular flexibility index (Phi) is 29.6. The van der Waals surface area contributed by atoms with Crippen LogP contribution in [0.4, 0.5) is 0 Å². The van der Waals surface area contributed by atoms with Gasteiger partial charge in [0, 0.05) is 6.54 Å². The first-order chi connectivity index (χ1) is 14.8. The van der Waals surface area contributed by atoms with Crippen molar-refractivity contribution < 1.29 is 32.5 Å². The number of allylic oxidation sites excluding steroid dienone is 2. The molecule has 0 aliphatic rings. The van der Waals surface area contributed by atoms with Gasteiger partial charge in [0.25, 0.3) is 10.1 Å². The molecule has 11 heteroatoms. The van der Waals surface area contributed by atoms with E-state index in [1.165, 1.54) is 57.8 Å². The number of carboxylic acid groups (broad SMARTS) is 1. The number of unbranched alkanes of at least 4 members (excludes halogenated alkanes) is 12. The molecule has 8 nitrogen and oxygen atoms in total. The number of aliphatic carboxylic acids is 1. The van der Waals surface area contributed by atoms with E-state index in [1.54, 1.807) is 0 Å². The molecule has 1 unspecified atom stereocenters. The van der Waals surface area contributed by atoms with E-state index in [2.05, 4.69) is 29.4 Å². The molecule has 0 aliphatic heterocycles. The molecule has 33 heavy (non-hydrogen) atoms. The molecule has 0 fully saturated rings. The Morgan fingerprint density at radius 1 is 0.848 bits per heavy atom. The third kappa shape index (κ3) is 25.4. The van der Waals surface area contributed by atoms with Gasteiger partial charge in [-0.05, 0) is 32.1 Å². The van der Waals surface area contributed by atoms with Crippen LogP contribution in [0.2, 0.25) is 0 Å². The fraction of sp³-hybridized carbons (Fsp3) is 0.818. The summed E-state index contributed by atoms with van der Waals surface area (Å²) in [6.07, 6.45) is 20.1. The van der Waals surface area contributed by atoms with Crippen molar-refractivity contribution in [3.63, 3.8) is 0 Å². The third-order valence-corrected chi connectivity index (χ3v) is 6.02. The van der Waals surface area contributed by atoms with Gasteiger partial charge in [0.2, 0.25) is 0 Å². The van der Waals surface area contributed by atoms with Gasteiger partial charge in [0.05, 0.1) is 6.42 Å². The first-order valence-electron chi connectivity index (χ1n) is 11.6. The Morgan fingerprint density at radius 3 is 1.76 bits per heavy atom. The van der Waals surface area contributed by atoms with Crippen molar-refractivity contribution in [3.8, 4) is 0 Å². The predicted octanol–water partition coefficient (Wildman–Crippen LogP) is 3.51. The Balaban J connectivity index is -0.00000450. The standard InChI is InChI=1S/C22H41NO7S.2Na.2H/c1-2-3-4-5-6-7-8-9-10-11-12-13-14-15-16-17-18-23-30-22(26)20(19-21(24)25)31(27,28)29;;;;/h9-10,20,23H,2-8,11-19H2,1H3,(H,24,25)(H,27,28,29);;;;/b10-9-;;;;. The van der Waals surface area contributed by atoms with E-state index < -0.39 is 33.7 Å². The molecule has 3 N–H and O–H groups in total. The van der Waals surface area contributed by atoms with Crippen molar-refractivity contribution in [2.24, 2.45) is 0 Å². The maximum absolute atomic E-state index is 11.6. The molecule has 0 saturated carbocycles. The zero-order chi connectivity index (χ0) is 23.4. The Hall–Kier alpha value is 0.550. The molecular formula is C22H43NNa2O7S. The summed E-state index contributed by atoms with van der Waals surface area (Å²) in [5, 5.41) is 6.49. The minimum absolute atomic E-state index is 0. The minimum atomic E-state index is -4.83. The van der Waals surface area contributed by atoms with E-state index in [0.717, 1.165) is 32.1 Å². The molecule has 0 radical (unpaired) electrons. The number of hydrogen-bond donors (Lipinski definition) is 3. The average Bonchev–Trinajstić information content (AvgIpc) is 2.70. The number of hydroxylamine groups is 1. The van der Waals surface area contributed by atoms with Gasteiger partial charge in [-0.15, -0.1) is 0 Å². The molecule has 0 aromatic rings. The summed E-state index contributed by atoms with van der Waals surface area (Å²) >= 11 is 0. The van der Waals surface area contributed by atoms with Crippen molar-refractivity contribution in [1.29, 1.82) is 0 Å². The topological polar surface area (TPSA) is 130 Å². The molecule has 0 aromatic heterocycles. The van der Waals surface area contributed by atoms with E-state index >= 15 is 0 Å². The van der Waals surface area contributed by atoms with Gasteiger partial charge >= 0.3 is 71.1 Å². The number of hydrogen-bond acceptors (Lipinski definition) is 6. The predicted molar refractivity (Wildman–Crippen MR) is 135 cm³/mol. The van der Waals surface area contributed by atoms with Crippen LogP contribution in [0.3, 0.4) is 0 Å². The molecule has 0 bridgehead atoms. The van der Waals surface area contributed by atoms with Gasteiger partial charge in [-0.2, -0.15) is 13.9 Å². The van der Waals surface area contributed by atoms with Crippen LogP contribution in [0, 0.1) is 0 Å². The summed E-state index contributed by atoms with van der Waals surface area (Å²) in [6, 6.07) is 0. The van der Waals surface area contributed by atoms with Crippen LogP contribution in [0.15, 0.2) is 12.2 Å². The van der Waals surface area contributed by atoms with Crippen LogP contribution in [0.5, 0.6) is 0 Å². The van der Waals surface area contributed by atoms with E-state index in [9.17, 15) is 18.0 Å². The first kappa shape index (κ1) is 38.1. The fourth-order valence-electron chi connectivity index (χ4n) is 3.10. The molecule has 0 aliphatic carbocycles. The summed E-state index contributed by atoms with van der Waals surface area (Å²) in [4.78, 5) is 26.8. The van der Waals surface area contributed by atoms with Gasteiger partial charge < -0.3 is 9.94 Å². The molecule has 0 amide bonds.